The molecule has 0 atom stereocenters. The number of rotatable bonds is 8. The first-order chi connectivity index (χ1) is 28.8. The molecule has 11 rings (SSSR count). The molecule has 9 aromatic carbocycles. The topological polar surface area (TPSA) is 16.3 Å². The minimum atomic E-state index is 1.08. The summed E-state index contributed by atoms with van der Waals surface area (Å²) in [5, 5.41) is 4.89. The summed E-state index contributed by atoms with van der Waals surface area (Å²) in [6.07, 6.45) is 0. The second kappa shape index (κ2) is 14.0. The maximum atomic E-state index is 2.46. The molecule has 0 spiro atoms. The predicted octanol–water partition coefficient (Wildman–Crippen LogP) is 14.8. The van der Waals surface area contributed by atoms with Gasteiger partial charge in [0.25, 0.3) is 0 Å². The van der Waals surface area contributed by atoms with Crippen LogP contribution in [0.15, 0.2) is 231 Å². The quantitative estimate of drug-likeness (QED) is 0.154. The highest BCUT2D eigenvalue weighted by atomic mass is 15.2. The second-order valence-electron chi connectivity index (χ2n) is 14.6. The lowest BCUT2D eigenvalue weighted by Crippen LogP contribution is -2.10. The smallest absolute Gasteiger partial charge is 0.0641 e. The minimum Gasteiger partial charge on any atom is -0.310 e. The lowest BCUT2D eigenvalue weighted by molar-refractivity contribution is 1.16. The predicted molar refractivity (Wildman–Crippen MR) is 244 cm³/mol. The van der Waals surface area contributed by atoms with Gasteiger partial charge >= 0.3 is 0 Å². The van der Waals surface area contributed by atoms with E-state index in [0.717, 1.165) is 56.5 Å². The van der Waals surface area contributed by atoms with Gasteiger partial charge in [0.05, 0.1) is 22.1 Å². The summed E-state index contributed by atoms with van der Waals surface area (Å²) < 4.78 is 4.92. The van der Waals surface area contributed by atoms with Crippen molar-refractivity contribution in [3.8, 4) is 11.4 Å². The van der Waals surface area contributed by atoms with E-state index in [1.165, 1.54) is 32.6 Å². The molecule has 4 heteroatoms. The molecule has 2 aromatic heterocycles. The zero-order valence-corrected chi connectivity index (χ0v) is 31.7. The Bertz CT molecular complexity index is 3130. The van der Waals surface area contributed by atoms with E-state index in [9.17, 15) is 0 Å². The van der Waals surface area contributed by atoms with E-state index in [-0.39, 0.29) is 0 Å². The maximum absolute atomic E-state index is 2.46. The highest BCUT2D eigenvalue weighted by molar-refractivity contribution is 6.26. The van der Waals surface area contributed by atoms with Crippen LogP contribution in [-0.2, 0) is 0 Å². The van der Waals surface area contributed by atoms with Gasteiger partial charge in [-0.25, -0.2) is 0 Å². The van der Waals surface area contributed by atoms with E-state index in [0.29, 0.717) is 0 Å². The number of fused-ring (bicyclic) bond motifs is 7. The SMILES string of the molecule is c1ccc(N(c2ccccc2)c2cccc(-n3c4cc(N(c5ccccc5)c5ccccc5)ccc4c4c3ccc3c5ccccc5n(-c5ccccc5)c34)c2)cc1. The number of hydrogen-bond acceptors (Lipinski definition) is 2. The van der Waals surface area contributed by atoms with Crippen LogP contribution in [0.1, 0.15) is 0 Å². The zero-order chi connectivity index (χ0) is 38.4. The van der Waals surface area contributed by atoms with E-state index in [2.05, 4.69) is 249 Å². The largest absolute Gasteiger partial charge is 0.310 e. The number of hydrogen-bond donors (Lipinski definition) is 0. The molecule has 0 saturated carbocycles. The highest BCUT2D eigenvalue weighted by Gasteiger charge is 2.23. The van der Waals surface area contributed by atoms with Gasteiger partial charge in [0.1, 0.15) is 0 Å². The molecule has 11 aromatic rings. The zero-order valence-electron chi connectivity index (χ0n) is 31.7. The average Bonchev–Trinajstić information content (AvgIpc) is 3.81. The van der Waals surface area contributed by atoms with E-state index >= 15 is 0 Å². The van der Waals surface area contributed by atoms with Crippen LogP contribution in [0.5, 0.6) is 0 Å². The van der Waals surface area contributed by atoms with Gasteiger partial charge in [0.2, 0.25) is 0 Å². The van der Waals surface area contributed by atoms with Gasteiger partial charge in [-0.05, 0) is 103 Å². The number of nitrogens with zero attached hydrogens (tertiary/aromatic N) is 4. The van der Waals surface area contributed by atoms with Crippen molar-refractivity contribution in [1.29, 1.82) is 0 Å². The average molecular weight is 743 g/mol. The molecular weight excluding hydrogens is 705 g/mol. The monoisotopic (exact) mass is 742 g/mol. The Hall–Kier alpha value is -7.82. The van der Waals surface area contributed by atoms with Crippen molar-refractivity contribution in [2.24, 2.45) is 0 Å². The normalized spacial score (nSPS) is 11.4. The maximum Gasteiger partial charge on any atom is 0.0641 e. The molecule has 0 bridgehead atoms. The molecule has 4 nitrogen and oxygen atoms in total. The van der Waals surface area contributed by atoms with Crippen molar-refractivity contribution in [3.63, 3.8) is 0 Å². The second-order valence-corrected chi connectivity index (χ2v) is 14.6. The van der Waals surface area contributed by atoms with Crippen LogP contribution in [0, 0.1) is 0 Å². The van der Waals surface area contributed by atoms with Crippen LogP contribution in [-0.4, -0.2) is 9.13 Å². The fourth-order valence-corrected chi connectivity index (χ4v) is 8.78. The molecule has 0 aliphatic heterocycles. The van der Waals surface area contributed by atoms with Crippen LogP contribution < -0.4 is 9.80 Å². The third kappa shape index (κ3) is 5.54. The Labute approximate surface area is 337 Å². The van der Waals surface area contributed by atoms with Crippen molar-refractivity contribution >= 4 is 77.7 Å². The van der Waals surface area contributed by atoms with Crippen molar-refractivity contribution in [1.82, 2.24) is 9.13 Å². The third-order valence-electron chi connectivity index (χ3n) is 11.2. The van der Waals surface area contributed by atoms with E-state index in [1.807, 2.05) is 0 Å². The standard InChI is InChI=1S/C54H38N4/c1-6-19-39(20-7-1)55(40-21-8-2-9-22-40)44-29-18-30-45(37-44)57-51-36-35-48-47-31-16-17-32-50(47)58(43-27-14-5-15-28-43)54(48)53(51)49-34-33-46(38-52(49)57)56(41-23-10-3-11-24-41)42-25-12-4-13-26-42/h1-38H. The van der Waals surface area contributed by atoms with Gasteiger partial charge in [0.15, 0.2) is 0 Å². The van der Waals surface area contributed by atoms with E-state index < -0.39 is 0 Å². The van der Waals surface area contributed by atoms with Gasteiger partial charge in [-0.3, -0.25) is 0 Å². The molecule has 0 aliphatic rings. The Morgan fingerprint density at radius 3 is 1.31 bits per heavy atom. The summed E-state index contributed by atoms with van der Waals surface area (Å²) in [6, 6.07) is 82.7. The number of benzene rings is 9. The van der Waals surface area contributed by atoms with Crippen molar-refractivity contribution in [3.05, 3.63) is 231 Å². The van der Waals surface area contributed by atoms with Gasteiger partial charge in [0, 0.05) is 67.0 Å². The van der Waals surface area contributed by atoms with Crippen LogP contribution in [0.25, 0.3) is 55.0 Å². The van der Waals surface area contributed by atoms with Gasteiger partial charge in [-0.15, -0.1) is 0 Å². The third-order valence-corrected chi connectivity index (χ3v) is 11.2. The Kier molecular flexibility index (Phi) is 8.11. The van der Waals surface area contributed by atoms with Crippen molar-refractivity contribution in [2.45, 2.75) is 0 Å². The fourth-order valence-electron chi connectivity index (χ4n) is 8.78. The van der Waals surface area contributed by atoms with Crippen LogP contribution >= 0.6 is 0 Å². The number of para-hydroxylation sites is 6. The molecule has 274 valence electrons. The van der Waals surface area contributed by atoms with Crippen LogP contribution in [0.2, 0.25) is 0 Å². The summed E-state index contributed by atoms with van der Waals surface area (Å²) in [4.78, 5) is 4.68. The summed E-state index contributed by atoms with van der Waals surface area (Å²) in [7, 11) is 0. The summed E-state index contributed by atoms with van der Waals surface area (Å²) >= 11 is 0. The van der Waals surface area contributed by atoms with Gasteiger partial charge in [-0.2, -0.15) is 0 Å². The Balaban J connectivity index is 1.24. The summed E-state index contributed by atoms with van der Waals surface area (Å²) in [5.74, 6) is 0. The lowest BCUT2D eigenvalue weighted by atomic mass is 10.1. The molecule has 0 aliphatic carbocycles. The molecule has 2 heterocycles. The number of anilines is 6. The molecule has 58 heavy (non-hydrogen) atoms. The molecule has 0 radical (unpaired) electrons. The Morgan fingerprint density at radius 1 is 0.259 bits per heavy atom. The van der Waals surface area contributed by atoms with E-state index in [4.69, 9.17) is 0 Å². The molecule has 0 amide bonds. The summed E-state index contributed by atoms with van der Waals surface area (Å²) in [6.45, 7) is 0. The fraction of sp³-hybridized carbons (Fsp3) is 0. The first-order valence-corrected chi connectivity index (χ1v) is 19.8. The Morgan fingerprint density at radius 2 is 0.724 bits per heavy atom. The molecule has 0 N–H and O–H groups in total. The minimum absolute atomic E-state index is 1.08. The first-order valence-electron chi connectivity index (χ1n) is 19.8. The highest BCUT2D eigenvalue weighted by Crippen LogP contribution is 2.45. The molecule has 0 unspecified atom stereocenters. The summed E-state index contributed by atoms with van der Waals surface area (Å²) in [5.41, 5.74) is 13.5. The van der Waals surface area contributed by atoms with E-state index in [1.54, 1.807) is 0 Å². The molecule has 0 saturated heterocycles. The van der Waals surface area contributed by atoms with Crippen molar-refractivity contribution < 1.29 is 0 Å². The molecule has 0 fully saturated rings. The van der Waals surface area contributed by atoms with Gasteiger partial charge in [-0.1, -0.05) is 127 Å². The molecular formula is C54H38N4. The van der Waals surface area contributed by atoms with Crippen LogP contribution in [0.4, 0.5) is 34.1 Å². The van der Waals surface area contributed by atoms with Gasteiger partial charge < -0.3 is 18.9 Å². The lowest BCUT2D eigenvalue weighted by Gasteiger charge is -2.26. The van der Waals surface area contributed by atoms with Crippen molar-refractivity contribution in [2.75, 3.05) is 9.80 Å². The van der Waals surface area contributed by atoms with Crippen LogP contribution in [0.3, 0.4) is 0 Å². The first kappa shape index (κ1) is 33.5. The number of aromatic nitrogens is 2.